The fourth-order valence-electron chi connectivity index (χ4n) is 2.64. The van der Waals surface area contributed by atoms with Crippen LogP contribution in [0.25, 0.3) is 0 Å². The van der Waals surface area contributed by atoms with Gasteiger partial charge >= 0.3 is 6.09 Å². The number of aromatic amines is 1. The molecule has 25 heavy (non-hydrogen) atoms. The lowest BCUT2D eigenvalue weighted by atomic mass is 10.0. The van der Waals surface area contributed by atoms with E-state index in [1.54, 1.807) is 29.2 Å². The van der Waals surface area contributed by atoms with Gasteiger partial charge in [-0.15, -0.1) is 0 Å². The van der Waals surface area contributed by atoms with Gasteiger partial charge in [0.05, 0.1) is 0 Å². The molecule has 2 aromatic rings. The van der Waals surface area contributed by atoms with Crippen molar-refractivity contribution in [3.63, 3.8) is 0 Å². The number of ether oxygens (including phenoxy) is 1. The van der Waals surface area contributed by atoms with Crippen LogP contribution in [0.4, 0.5) is 4.79 Å². The Bertz CT molecular complexity index is 777. The summed E-state index contributed by atoms with van der Waals surface area (Å²) in [6, 6.07) is 11.5. The summed E-state index contributed by atoms with van der Waals surface area (Å²) in [5, 5.41) is 8.81. The molecule has 1 aromatic heterocycles. The molecule has 2 heterocycles. The van der Waals surface area contributed by atoms with Gasteiger partial charge in [0.25, 0.3) is 11.5 Å². The lowest BCUT2D eigenvalue weighted by molar-refractivity contribution is 0.0699. The number of likely N-dealkylation sites (tertiary alicyclic amines) is 1. The van der Waals surface area contributed by atoms with E-state index >= 15 is 0 Å². The number of rotatable bonds is 3. The number of amides is 2. The zero-order valence-electron chi connectivity index (χ0n) is 13.5. The summed E-state index contributed by atoms with van der Waals surface area (Å²) in [6.07, 6.45) is 0.746. The second kappa shape index (κ2) is 7.61. The molecule has 8 nitrogen and oxygen atoms in total. The number of carbonyl (C=O) groups excluding carboxylic acids is 2. The standard InChI is InChI=1S/C17H18N4O4/c22-15-7-6-14(19-20-15)16(23)21-10-8-12(9-11-21)18-17(24)25-13-4-2-1-3-5-13/h1-7,12H,8-11H2,(H,18,24)(H,20,22). The Morgan fingerprint density at radius 2 is 1.84 bits per heavy atom. The highest BCUT2D eigenvalue weighted by molar-refractivity contribution is 5.92. The Labute approximate surface area is 143 Å². The lowest BCUT2D eigenvalue weighted by Gasteiger charge is -2.31. The summed E-state index contributed by atoms with van der Waals surface area (Å²) in [4.78, 5) is 36.9. The minimum Gasteiger partial charge on any atom is -0.410 e. The third kappa shape index (κ3) is 4.43. The first-order valence-electron chi connectivity index (χ1n) is 8.00. The van der Waals surface area contributed by atoms with Crippen LogP contribution in [0.3, 0.4) is 0 Å². The van der Waals surface area contributed by atoms with E-state index in [2.05, 4.69) is 15.5 Å². The van der Waals surface area contributed by atoms with Gasteiger partial charge in [0.15, 0.2) is 0 Å². The van der Waals surface area contributed by atoms with Crippen molar-refractivity contribution in [3.05, 3.63) is 58.5 Å². The van der Waals surface area contributed by atoms with E-state index in [0.717, 1.165) is 0 Å². The summed E-state index contributed by atoms with van der Waals surface area (Å²) in [5.41, 5.74) is -0.147. The van der Waals surface area contributed by atoms with Gasteiger partial charge in [-0.1, -0.05) is 18.2 Å². The van der Waals surface area contributed by atoms with Crippen LogP contribution in [0.5, 0.6) is 5.75 Å². The summed E-state index contributed by atoms with van der Waals surface area (Å²) in [5.74, 6) is 0.248. The molecule has 3 rings (SSSR count). The summed E-state index contributed by atoms with van der Waals surface area (Å²) >= 11 is 0. The summed E-state index contributed by atoms with van der Waals surface area (Å²) in [7, 11) is 0. The van der Waals surface area contributed by atoms with Gasteiger partial charge in [-0.05, 0) is 31.0 Å². The highest BCUT2D eigenvalue weighted by Crippen LogP contribution is 2.14. The third-order valence-electron chi connectivity index (χ3n) is 3.96. The van der Waals surface area contributed by atoms with Crippen molar-refractivity contribution in [2.24, 2.45) is 0 Å². The predicted molar refractivity (Wildman–Crippen MR) is 89.4 cm³/mol. The Hall–Kier alpha value is -3.16. The Morgan fingerprint density at radius 1 is 1.12 bits per heavy atom. The number of nitrogens with zero attached hydrogens (tertiary/aromatic N) is 2. The number of aromatic nitrogens is 2. The molecule has 0 saturated carbocycles. The average molecular weight is 342 g/mol. The van der Waals surface area contributed by atoms with Crippen LogP contribution in [-0.4, -0.2) is 46.2 Å². The minimum absolute atomic E-state index is 0.0520. The Morgan fingerprint density at radius 3 is 2.48 bits per heavy atom. The molecule has 1 fully saturated rings. The monoisotopic (exact) mass is 342 g/mol. The zero-order valence-corrected chi connectivity index (χ0v) is 13.5. The van der Waals surface area contributed by atoms with Crippen LogP contribution in [0.15, 0.2) is 47.3 Å². The van der Waals surface area contributed by atoms with Crippen LogP contribution in [0, 0.1) is 0 Å². The fraction of sp³-hybridized carbons (Fsp3) is 0.294. The molecule has 2 amide bonds. The SMILES string of the molecule is O=C(NC1CCN(C(=O)c2ccc(=O)[nH]n2)CC1)Oc1ccccc1. The Kier molecular flexibility index (Phi) is 5.08. The van der Waals surface area contributed by atoms with E-state index < -0.39 is 6.09 Å². The Balaban J connectivity index is 1.48. The molecular weight excluding hydrogens is 324 g/mol. The maximum absolute atomic E-state index is 12.3. The van der Waals surface area contributed by atoms with Crippen molar-refractivity contribution in [2.75, 3.05) is 13.1 Å². The maximum atomic E-state index is 12.3. The molecule has 0 spiro atoms. The van der Waals surface area contributed by atoms with E-state index in [4.69, 9.17) is 4.74 Å². The van der Waals surface area contributed by atoms with Crippen LogP contribution in [0.2, 0.25) is 0 Å². The average Bonchev–Trinajstić information content (AvgIpc) is 2.63. The molecule has 0 unspecified atom stereocenters. The molecule has 0 atom stereocenters. The molecule has 0 aliphatic carbocycles. The normalized spacial score (nSPS) is 14.8. The van der Waals surface area contributed by atoms with E-state index in [0.29, 0.717) is 31.7 Å². The van der Waals surface area contributed by atoms with Crippen molar-refractivity contribution in [1.29, 1.82) is 0 Å². The van der Waals surface area contributed by atoms with Crippen molar-refractivity contribution in [3.8, 4) is 5.75 Å². The number of hydrogen-bond acceptors (Lipinski definition) is 5. The van der Waals surface area contributed by atoms with Gasteiger partial charge in [-0.25, -0.2) is 9.89 Å². The van der Waals surface area contributed by atoms with E-state index in [9.17, 15) is 14.4 Å². The van der Waals surface area contributed by atoms with Crippen LogP contribution in [0.1, 0.15) is 23.3 Å². The largest absolute Gasteiger partial charge is 0.412 e. The smallest absolute Gasteiger partial charge is 0.410 e. The fourth-order valence-corrected chi connectivity index (χ4v) is 2.64. The molecule has 1 saturated heterocycles. The van der Waals surface area contributed by atoms with Gasteiger partial charge < -0.3 is 15.0 Å². The lowest BCUT2D eigenvalue weighted by Crippen LogP contribution is -2.47. The van der Waals surface area contributed by atoms with Gasteiger partial charge in [0.1, 0.15) is 11.4 Å². The topological polar surface area (TPSA) is 104 Å². The number of nitrogens with one attached hydrogen (secondary N) is 2. The van der Waals surface area contributed by atoms with Gasteiger partial charge in [0.2, 0.25) is 0 Å². The molecule has 0 bridgehead atoms. The quantitative estimate of drug-likeness (QED) is 0.871. The molecule has 1 aliphatic rings. The highest BCUT2D eigenvalue weighted by Gasteiger charge is 2.25. The molecule has 0 radical (unpaired) electrons. The second-order valence-corrected chi connectivity index (χ2v) is 5.72. The number of piperidine rings is 1. The van der Waals surface area contributed by atoms with E-state index in [1.807, 2.05) is 6.07 Å². The van der Waals surface area contributed by atoms with Gasteiger partial charge in [-0.3, -0.25) is 9.59 Å². The summed E-state index contributed by atoms with van der Waals surface area (Å²) < 4.78 is 5.20. The zero-order chi connectivity index (χ0) is 17.6. The van der Waals surface area contributed by atoms with Crippen molar-refractivity contribution < 1.29 is 14.3 Å². The molecule has 8 heteroatoms. The van der Waals surface area contributed by atoms with Crippen molar-refractivity contribution in [2.45, 2.75) is 18.9 Å². The molecule has 1 aliphatic heterocycles. The van der Waals surface area contributed by atoms with Crippen LogP contribution < -0.4 is 15.6 Å². The number of H-pyrrole nitrogens is 1. The first-order chi connectivity index (χ1) is 12.1. The minimum atomic E-state index is -0.502. The van der Waals surface area contributed by atoms with E-state index in [1.165, 1.54) is 12.1 Å². The summed E-state index contributed by atoms with van der Waals surface area (Å²) in [6.45, 7) is 0.992. The first-order valence-corrected chi connectivity index (χ1v) is 8.00. The number of hydrogen-bond donors (Lipinski definition) is 2. The van der Waals surface area contributed by atoms with Crippen molar-refractivity contribution in [1.82, 2.24) is 20.4 Å². The number of carbonyl (C=O) groups is 2. The number of para-hydroxylation sites is 1. The molecule has 130 valence electrons. The highest BCUT2D eigenvalue weighted by atomic mass is 16.6. The van der Waals surface area contributed by atoms with Gasteiger partial charge in [-0.2, -0.15) is 5.10 Å². The van der Waals surface area contributed by atoms with Crippen LogP contribution >= 0.6 is 0 Å². The molecule has 1 aromatic carbocycles. The second-order valence-electron chi connectivity index (χ2n) is 5.72. The predicted octanol–water partition coefficient (Wildman–Crippen LogP) is 1.16. The van der Waals surface area contributed by atoms with Crippen molar-refractivity contribution >= 4 is 12.0 Å². The number of benzene rings is 1. The molecular formula is C17H18N4O4. The third-order valence-corrected chi connectivity index (χ3v) is 3.96. The maximum Gasteiger partial charge on any atom is 0.412 e. The van der Waals surface area contributed by atoms with Gasteiger partial charge in [0, 0.05) is 25.2 Å². The van der Waals surface area contributed by atoms with E-state index in [-0.39, 0.29) is 23.2 Å². The van der Waals surface area contributed by atoms with Crippen LogP contribution in [-0.2, 0) is 0 Å². The first kappa shape index (κ1) is 16.7. The molecule has 2 N–H and O–H groups in total.